The molecule has 1 aromatic carbocycles. The van der Waals surface area contributed by atoms with Gasteiger partial charge in [-0.2, -0.15) is 0 Å². The van der Waals surface area contributed by atoms with Gasteiger partial charge < -0.3 is 15.0 Å². The minimum Gasteiger partial charge on any atom is -0.368 e. The number of fused-ring (bicyclic) bond motifs is 2. The molecule has 4 heterocycles. The van der Waals surface area contributed by atoms with E-state index in [1.807, 2.05) is 47.8 Å². The zero-order valence-corrected chi connectivity index (χ0v) is 17.7. The topological polar surface area (TPSA) is 75.7 Å². The zero-order chi connectivity index (χ0) is 20.7. The Labute approximate surface area is 181 Å². The summed E-state index contributed by atoms with van der Waals surface area (Å²) in [5.41, 5.74) is 0. The van der Waals surface area contributed by atoms with Gasteiger partial charge in [0.15, 0.2) is 5.78 Å². The minimum atomic E-state index is -0.728. The van der Waals surface area contributed by atoms with Crippen molar-refractivity contribution in [1.82, 2.24) is 10.2 Å². The molecule has 3 aromatic rings. The second kappa shape index (κ2) is 7.94. The molecule has 2 fully saturated rings. The van der Waals surface area contributed by atoms with E-state index in [9.17, 15) is 14.4 Å². The fraction of sp³-hybridized carbons (Fsp3) is 0.318. The van der Waals surface area contributed by atoms with E-state index in [1.165, 1.54) is 11.3 Å². The van der Waals surface area contributed by atoms with Crippen LogP contribution < -0.4 is 5.32 Å². The van der Waals surface area contributed by atoms with Gasteiger partial charge >= 0.3 is 0 Å². The Bertz CT molecular complexity index is 1070. The van der Waals surface area contributed by atoms with Gasteiger partial charge in [-0.1, -0.05) is 24.3 Å². The molecule has 0 spiro atoms. The first-order chi connectivity index (χ1) is 14.6. The van der Waals surface area contributed by atoms with Crippen molar-refractivity contribution in [1.29, 1.82) is 0 Å². The Morgan fingerprint density at radius 3 is 2.90 bits per heavy atom. The van der Waals surface area contributed by atoms with Crippen molar-refractivity contribution in [3.8, 4) is 0 Å². The summed E-state index contributed by atoms with van der Waals surface area (Å²) < 4.78 is 6.54. The van der Waals surface area contributed by atoms with Crippen molar-refractivity contribution in [2.24, 2.45) is 0 Å². The van der Waals surface area contributed by atoms with E-state index >= 15 is 0 Å². The number of Topliss-reactive ketones (excluding diaryl/α,β-unsaturated/α-hetero) is 1. The lowest BCUT2D eigenvalue weighted by atomic mass is 10.1. The lowest BCUT2D eigenvalue weighted by molar-refractivity contribution is -0.138. The van der Waals surface area contributed by atoms with Gasteiger partial charge in [-0.05, 0) is 35.4 Å². The van der Waals surface area contributed by atoms with Crippen molar-refractivity contribution in [2.45, 2.75) is 31.0 Å². The number of hydrogen-bond acceptors (Lipinski definition) is 6. The van der Waals surface area contributed by atoms with E-state index in [0.29, 0.717) is 24.3 Å². The first-order valence-electron chi connectivity index (χ1n) is 9.87. The first-order valence-corrected chi connectivity index (χ1v) is 11.6. The average Bonchev–Trinajstić information content (AvgIpc) is 3.52. The van der Waals surface area contributed by atoms with Gasteiger partial charge in [-0.25, -0.2) is 0 Å². The average molecular weight is 441 g/mol. The highest BCUT2D eigenvalue weighted by molar-refractivity contribution is 7.20. The summed E-state index contributed by atoms with van der Waals surface area (Å²) in [7, 11) is 0. The summed E-state index contributed by atoms with van der Waals surface area (Å²) in [4.78, 5) is 41.8. The molecule has 1 N–H and O–H groups in total. The highest BCUT2D eigenvalue weighted by Gasteiger charge is 2.48. The summed E-state index contributed by atoms with van der Waals surface area (Å²) in [6.45, 7) is 0.530. The Morgan fingerprint density at radius 1 is 1.23 bits per heavy atom. The lowest BCUT2D eigenvalue weighted by Gasteiger charge is -2.27. The molecule has 154 valence electrons. The molecule has 0 saturated carbocycles. The van der Waals surface area contributed by atoms with Crippen LogP contribution in [0.2, 0.25) is 0 Å². The van der Waals surface area contributed by atoms with E-state index < -0.39 is 12.1 Å². The summed E-state index contributed by atoms with van der Waals surface area (Å²) >= 11 is 2.95. The van der Waals surface area contributed by atoms with Crippen LogP contribution in [-0.2, 0) is 20.7 Å². The molecule has 2 saturated heterocycles. The molecule has 8 heteroatoms. The van der Waals surface area contributed by atoms with Crippen molar-refractivity contribution < 1.29 is 19.1 Å². The number of hydrogen-bond donors (Lipinski definition) is 1. The van der Waals surface area contributed by atoms with Gasteiger partial charge in [-0.3, -0.25) is 14.4 Å². The van der Waals surface area contributed by atoms with Crippen LogP contribution in [0.1, 0.15) is 21.0 Å². The van der Waals surface area contributed by atoms with Crippen LogP contribution in [0.3, 0.4) is 0 Å². The van der Waals surface area contributed by atoms with Crippen LogP contribution in [0.25, 0.3) is 10.1 Å². The van der Waals surface area contributed by atoms with Gasteiger partial charge in [0.1, 0.15) is 18.7 Å². The predicted octanol–water partition coefficient (Wildman–Crippen LogP) is 2.87. The predicted molar refractivity (Wildman–Crippen MR) is 116 cm³/mol. The molecule has 5 rings (SSSR count). The second-order valence-electron chi connectivity index (χ2n) is 7.54. The maximum Gasteiger partial charge on any atom is 0.262 e. The van der Waals surface area contributed by atoms with Crippen molar-refractivity contribution in [3.05, 3.63) is 57.6 Å². The van der Waals surface area contributed by atoms with Gasteiger partial charge in [0.25, 0.3) is 5.91 Å². The fourth-order valence-electron chi connectivity index (χ4n) is 4.19. The summed E-state index contributed by atoms with van der Waals surface area (Å²) in [6.07, 6.45) is 0.830. The van der Waals surface area contributed by atoms with Gasteiger partial charge in [0, 0.05) is 22.5 Å². The molecule has 2 amide bonds. The van der Waals surface area contributed by atoms with Crippen LogP contribution >= 0.6 is 22.7 Å². The van der Waals surface area contributed by atoms with E-state index in [2.05, 4.69) is 5.32 Å². The fourth-order valence-corrected chi connectivity index (χ4v) is 5.91. The van der Waals surface area contributed by atoms with E-state index in [1.54, 1.807) is 16.2 Å². The number of ether oxygens (including phenoxy) is 1. The number of likely N-dealkylation sites (tertiary alicyclic amines) is 1. The number of amides is 2. The Hall–Kier alpha value is -2.55. The summed E-state index contributed by atoms with van der Waals surface area (Å²) in [5, 5.41) is 5.89. The maximum atomic E-state index is 13.4. The number of benzene rings is 1. The third-order valence-corrected chi connectivity index (χ3v) is 7.65. The summed E-state index contributed by atoms with van der Waals surface area (Å²) in [6, 6.07) is 12.3. The molecular weight excluding hydrogens is 420 g/mol. The maximum absolute atomic E-state index is 13.4. The van der Waals surface area contributed by atoms with Crippen LogP contribution in [-0.4, -0.2) is 53.8 Å². The van der Waals surface area contributed by atoms with Crippen molar-refractivity contribution >= 4 is 50.4 Å². The monoisotopic (exact) mass is 440 g/mol. The molecule has 3 unspecified atom stereocenters. The van der Waals surface area contributed by atoms with Crippen molar-refractivity contribution in [3.63, 3.8) is 0 Å². The molecule has 6 nitrogen and oxygen atoms in total. The van der Waals surface area contributed by atoms with Crippen LogP contribution in [0, 0.1) is 0 Å². The third kappa shape index (κ3) is 3.55. The van der Waals surface area contributed by atoms with Crippen LogP contribution in [0.15, 0.2) is 47.8 Å². The summed E-state index contributed by atoms with van der Waals surface area (Å²) in [5.74, 6) is -0.545. The van der Waals surface area contributed by atoms with Crippen molar-refractivity contribution in [2.75, 3.05) is 13.2 Å². The number of carbonyl (C=O) groups excluding carboxylic acids is 3. The standard InChI is InChI=1S/C22H20N2O4S2/c25-16-12-28-17-7-8-24(20(16)17)22(27)15(11-14-5-3-9-29-14)23-21(26)19-10-13-4-1-2-6-18(13)30-19/h1-6,9-10,15,17,20H,7-8,11-12H2,(H,23,26). The molecule has 0 radical (unpaired) electrons. The number of nitrogens with one attached hydrogen (secondary N) is 1. The first kappa shape index (κ1) is 19.4. The molecule has 2 aromatic heterocycles. The Morgan fingerprint density at radius 2 is 2.10 bits per heavy atom. The lowest BCUT2D eigenvalue weighted by Crippen LogP contribution is -2.53. The molecule has 30 heavy (non-hydrogen) atoms. The van der Waals surface area contributed by atoms with Gasteiger partial charge in [0.05, 0.1) is 11.0 Å². The quantitative estimate of drug-likeness (QED) is 0.662. The van der Waals surface area contributed by atoms with E-state index in [4.69, 9.17) is 4.74 Å². The highest BCUT2D eigenvalue weighted by atomic mass is 32.1. The SMILES string of the molecule is O=C(NC(Cc1cccs1)C(=O)N1CCC2OCC(=O)C21)c1cc2ccccc2s1. The number of thiophene rings is 2. The highest BCUT2D eigenvalue weighted by Crippen LogP contribution is 2.29. The molecule has 0 bridgehead atoms. The number of carbonyl (C=O) groups is 3. The Kier molecular flexibility index (Phi) is 5.14. The van der Waals surface area contributed by atoms with E-state index in [-0.39, 0.29) is 30.3 Å². The molecule has 3 atom stereocenters. The number of rotatable bonds is 5. The largest absolute Gasteiger partial charge is 0.368 e. The van der Waals surface area contributed by atoms with Crippen LogP contribution in [0.5, 0.6) is 0 Å². The third-order valence-electron chi connectivity index (χ3n) is 5.63. The smallest absolute Gasteiger partial charge is 0.262 e. The Balaban J connectivity index is 1.39. The molecule has 0 aliphatic carbocycles. The second-order valence-corrected chi connectivity index (χ2v) is 9.65. The van der Waals surface area contributed by atoms with Gasteiger partial charge in [-0.15, -0.1) is 22.7 Å². The minimum absolute atomic E-state index is 0.0584. The molecule has 2 aliphatic heterocycles. The normalized spacial score (nSPS) is 21.7. The zero-order valence-electron chi connectivity index (χ0n) is 16.1. The van der Waals surface area contributed by atoms with Crippen LogP contribution in [0.4, 0.5) is 0 Å². The van der Waals surface area contributed by atoms with Gasteiger partial charge in [0.2, 0.25) is 5.91 Å². The molecule has 2 aliphatic rings. The van der Waals surface area contributed by atoms with E-state index in [0.717, 1.165) is 15.0 Å². The number of nitrogens with zero attached hydrogens (tertiary/aromatic N) is 1. The number of ketones is 1. The molecular formula is C22H20N2O4S2.